The molecular formula is C16H20N2O3S. The maximum atomic E-state index is 12.4. The number of rotatable bonds is 4. The van der Waals surface area contributed by atoms with Gasteiger partial charge in [0.1, 0.15) is 17.7 Å². The van der Waals surface area contributed by atoms with E-state index in [-0.39, 0.29) is 23.7 Å². The molecule has 2 amide bonds. The zero-order valence-electron chi connectivity index (χ0n) is 12.7. The van der Waals surface area contributed by atoms with Crippen LogP contribution in [0.1, 0.15) is 23.8 Å². The van der Waals surface area contributed by atoms with Gasteiger partial charge < -0.3 is 14.5 Å². The Morgan fingerprint density at radius 3 is 2.77 bits per heavy atom. The van der Waals surface area contributed by atoms with Crippen molar-refractivity contribution in [2.24, 2.45) is 0 Å². The highest BCUT2D eigenvalue weighted by Gasteiger charge is 2.36. The summed E-state index contributed by atoms with van der Waals surface area (Å²) < 4.78 is 5.40. The van der Waals surface area contributed by atoms with Crippen LogP contribution in [-0.2, 0) is 9.59 Å². The summed E-state index contributed by atoms with van der Waals surface area (Å²) in [5, 5.41) is -0.143. The Morgan fingerprint density at radius 2 is 2.05 bits per heavy atom. The zero-order valence-corrected chi connectivity index (χ0v) is 13.5. The lowest BCUT2D eigenvalue weighted by Crippen LogP contribution is -2.40. The van der Waals surface area contributed by atoms with Crippen LogP contribution in [0.25, 0.3) is 0 Å². The molecule has 2 heterocycles. The number of thioether (sulfide) groups is 1. The summed E-state index contributed by atoms with van der Waals surface area (Å²) >= 11 is 1.55. The molecule has 1 aromatic carbocycles. The van der Waals surface area contributed by atoms with Crippen LogP contribution in [0, 0.1) is 0 Å². The number of methoxy groups -OCH3 is 1. The Morgan fingerprint density at radius 1 is 1.32 bits per heavy atom. The van der Waals surface area contributed by atoms with Crippen LogP contribution in [0.4, 0.5) is 0 Å². The molecule has 0 radical (unpaired) electrons. The third-order valence-electron chi connectivity index (χ3n) is 4.14. The number of para-hydroxylation sites is 1. The molecule has 2 aliphatic heterocycles. The van der Waals surface area contributed by atoms with Gasteiger partial charge in [0.15, 0.2) is 0 Å². The number of likely N-dealkylation sites (tertiary alicyclic amines) is 1. The van der Waals surface area contributed by atoms with E-state index in [0.717, 1.165) is 37.2 Å². The molecule has 0 spiro atoms. The van der Waals surface area contributed by atoms with E-state index in [1.165, 1.54) is 0 Å². The van der Waals surface area contributed by atoms with E-state index in [2.05, 4.69) is 0 Å². The highest BCUT2D eigenvalue weighted by Crippen LogP contribution is 2.42. The Labute approximate surface area is 134 Å². The maximum Gasteiger partial charge on any atom is 0.242 e. The molecule has 1 aromatic rings. The monoisotopic (exact) mass is 320 g/mol. The van der Waals surface area contributed by atoms with Crippen LogP contribution >= 0.6 is 11.8 Å². The highest BCUT2D eigenvalue weighted by atomic mass is 32.2. The zero-order chi connectivity index (χ0) is 15.5. The first kappa shape index (κ1) is 15.2. The average molecular weight is 320 g/mol. The third kappa shape index (κ3) is 2.92. The minimum atomic E-state index is -0.143. The lowest BCUT2D eigenvalue weighted by molar-refractivity contribution is -0.138. The summed E-state index contributed by atoms with van der Waals surface area (Å²) in [7, 11) is 1.62. The van der Waals surface area contributed by atoms with Gasteiger partial charge in [-0.3, -0.25) is 9.59 Å². The molecule has 3 rings (SSSR count). The van der Waals surface area contributed by atoms with Gasteiger partial charge in [-0.05, 0) is 18.9 Å². The van der Waals surface area contributed by atoms with Crippen molar-refractivity contribution in [1.29, 1.82) is 0 Å². The number of benzene rings is 1. The molecular weight excluding hydrogens is 300 g/mol. The number of hydrogen-bond acceptors (Lipinski definition) is 4. The minimum absolute atomic E-state index is 0.0217. The normalized spacial score (nSPS) is 21.5. The lowest BCUT2D eigenvalue weighted by atomic mass is 10.2. The first-order valence-electron chi connectivity index (χ1n) is 7.52. The number of amides is 2. The van der Waals surface area contributed by atoms with E-state index in [1.807, 2.05) is 29.2 Å². The van der Waals surface area contributed by atoms with Gasteiger partial charge in [0.25, 0.3) is 0 Å². The van der Waals surface area contributed by atoms with Crippen LogP contribution in [0.2, 0.25) is 0 Å². The van der Waals surface area contributed by atoms with Crippen LogP contribution in [0.5, 0.6) is 5.75 Å². The summed E-state index contributed by atoms with van der Waals surface area (Å²) in [6.07, 6.45) is 2.12. The first-order valence-corrected chi connectivity index (χ1v) is 8.57. The summed E-state index contributed by atoms with van der Waals surface area (Å²) in [5.74, 6) is 1.24. The first-order chi connectivity index (χ1) is 10.7. The third-order valence-corrected chi connectivity index (χ3v) is 5.38. The van der Waals surface area contributed by atoms with Crippen molar-refractivity contribution in [3.8, 4) is 5.75 Å². The van der Waals surface area contributed by atoms with Gasteiger partial charge in [-0.2, -0.15) is 0 Å². The SMILES string of the molecule is COc1ccccc1[C@H]1SCC(=O)N1CC(=O)N1CCCC1. The molecule has 2 fully saturated rings. The molecule has 6 heteroatoms. The molecule has 2 saturated heterocycles. The summed E-state index contributed by atoms with van der Waals surface area (Å²) in [4.78, 5) is 28.1. The van der Waals surface area contributed by atoms with Crippen molar-refractivity contribution in [2.45, 2.75) is 18.2 Å². The van der Waals surface area contributed by atoms with Gasteiger partial charge in [-0.25, -0.2) is 0 Å². The van der Waals surface area contributed by atoms with Crippen molar-refractivity contribution < 1.29 is 14.3 Å². The Balaban J connectivity index is 1.78. The molecule has 0 aromatic heterocycles. The topological polar surface area (TPSA) is 49.9 Å². The lowest BCUT2D eigenvalue weighted by Gasteiger charge is -2.27. The Bertz CT molecular complexity index is 572. The van der Waals surface area contributed by atoms with Gasteiger partial charge in [0, 0.05) is 18.7 Å². The standard InChI is InChI=1S/C16H20N2O3S/c1-21-13-7-3-2-6-12(13)16-18(15(20)11-22-16)10-14(19)17-8-4-5-9-17/h2-3,6-7,16H,4-5,8-11H2,1H3/t16-/m1/s1. The number of hydrogen-bond donors (Lipinski definition) is 0. The number of carbonyl (C=O) groups excluding carboxylic acids is 2. The second kappa shape index (κ2) is 6.60. The van der Waals surface area contributed by atoms with Crippen LogP contribution in [-0.4, -0.2) is 54.1 Å². The fraction of sp³-hybridized carbons (Fsp3) is 0.500. The van der Waals surface area contributed by atoms with Crippen LogP contribution in [0.3, 0.4) is 0 Å². The van der Waals surface area contributed by atoms with E-state index < -0.39 is 0 Å². The molecule has 118 valence electrons. The molecule has 22 heavy (non-hydrogen) atoms. The number of carbonyl (C=O) groups is 2. The van der Waals surface area contributed by atoms with Gasteiger partial charge in [-0.15, -0.1) is 11.8 Å². The van der Waals surface area contributed by atoms with Crippen molar-refractivity contribution in [3.63, 3.8) is 0 Å². The molecule has 1 atom stereocenters. The second-order valence-electron chi connectivity index (χ2n) is 5.51. The van der Waals surface area contributed by atoms with E-state index in [0.29, 0.717) is 5.75 Å². The molecule has 5 nitrogen and oxygen atoms in total. The van der Waals surface area contributed by atoms with Crippen LogP contribution in [0.15, 0.2) is 24.3 Å². The predicted molar refractivity (Wildman–Crippen MR) is 85.7 cm³/mol. The molecule has 0 aliphatic carbocycles. The largest absolute Gasteiger partial charge is 0.496 e. The van der Waals surface area contributed by atoms with E-state index in [1.54, 1.807) is 23.8 Å². The van der Waals surface area contributed by atoms with E-state index in [4.69, 9.17) is 4.74 Å². The second-order valence-corrected chi connectivity index (χ2v) is 6.58. The van der Waals surface area contributed by atoms with Gasteiger partial charge >= 0.3 is 0 Å². The van der Waals surface area contributed by atoms with Crippen molar-refractivity contribution in [1.82, 2.24) is 9.80 Å². The summed E-state index contributed by atoms with van der Waals surface area (Å²) in [5.41, 5.74) is 0.954. The van der Waals surface area contributed by atoms with Crippen molar-refractivity contribution in [2.75, 3.05) is 32.5 Å². The van der Waals surface area contributed by atoms with Gasteiger partial charge in [0.05, 0.1) is 12.9 Å². The Hall–Kier alpha value is -1.69. The maximum absolute atomic E-state index is 12.4. The Kier molecular flexibility index (Phi) is 4.57. The van der Waals surface area contributed by atoms with Crippen LogP contribution < -0.4 is 4.74 Å². The van der Waals surface area contributed by atoms with E-state index in [9.17, 15) is 9.59 Å². The molecule has 0 saturated carbocycles. The summed E-state index contributed by atoms with van der Waals surface area (Å²) in [6, 6.07) is 7.69. The quantitative estimate of drug-likeness (QED) is 0.850. The molecule has 0 N–H and O–H groups in total. The minimum Gasteiger partial charge on any atom is -0.496 e. The van der Waals surface area contributed by atoms with Crippen molar-refractivity contribution in [3.05, 3.63) is 29.8 Å². The predicted octanol–water partition coefficient (Wildman–Crippen LogP) is 1.89. The smallest absolute Gasteiger partial charge is 0.242 e. The van der Waals surface area contributed by atoms with E-state index >= 15 is 0 Å². The number of ether oxygens (including phenoxy) is 1. The van der Waals surface area contributed by atoms with Gasteiger partial charge in [-0.1, -0.05) is 18.2 Å². The molecule has 0 unspecified atom stereocenters. The van der Waals surface area contributed by atoms with Crippen molar-refractivity contribution >= 4 is 23.6 Å². The molecule has 2 aliphatic rings. The highest BCUT2D eigenvalue weighted by molar-refractivity contribution is 8.00. The summed E-state index contributed by atoms with van der Waals surface area (Å²) in [6.45, 7) is 1.79. The fourth-order valence-corrected chi connectivity index (χ4v) is 4.18. The average Bonchev–Trinajstić information content (AvgIpc) is 3.18. The molecule has 0 bridgehead atoms. The number of nitrogens with zero attached hydrogens (tertiary/aromatic N) is 2. The fourth-order valence-electron chi connectivity index (χ4n) is 2.97. The van der Waals surface area contributed by atoms with Gasteiger partial charge in [0.2, 0.25) is 11.8 Å².